The van der Waals surface area contributed by atoms with Gasteiger partial charge in [0.25, 0.3) is 5.91 Å². The molecule has 0 unspecified atom stereocenters. The molecule has 0 bridgehead atoms. The van der Waals surface area contributed by atoms with Crippen LogP contribution in [-0.2, 0) is 0 Å². The van der Waals surface area contributed by atoms with Crippen molar-refractivity contribution < 1.29 is 4.79 Å². The molecule has 1 heterocycles. The summed E-state index contributed by atoms with van der Waals surface area (Å²) in [6.45, 7) is 12.4. The molecule has 172 valence electrons. The number of aromatic nitrogens is 2. The van der Waals surface area contributed by atoms with Crippen LogP contribution in [0.2, 0.25) is 0 Å². The van der Waals surface area contributed by atoms with Crippen molar-refractivity contribution in [2.75, 3.05) is 6.54 Å². The Morgan fingerprint density at radius 1 is 1.15 bits per heavy atom. The number of hydrogen-bond donors (Lipinski definition) is 1. The van der Waals surface area contributed by atoms with Gasteiger partial charge in [-0.3, -0.25) is 9.79 Å². The van der Waals surface area contributed by atoms with Crippen molar-refractivity contribution in [1.82, 2.24) is 15.1 Å². The highest BCUT2D eigenvalue weighted by Gasteiger charge is 2.14. The van der Waals surface area contributed by atoms with E-state index in [2.05, 4.69) is 35.7 Å². The Labute approximate surface area is 201 Å². The molecule has 0 saturated carbocycles. The fraction of sp³-hybridized carbons (Fsp3) is 0.207. The van der Waals surface area contributed by atoms with Gasteiger partial charge >= 0.3 is 0 Å². The van der Waals surface area contributed by atoms with E-state index in [4.69, 9.17) is 5.10 Å². The average Bonchev–Trinajstić information content (AvgIpc) is 3.10. The minimum absolute atomic E-state index is 0.156. The number of carbonyl (C=O) groups excluding carboxylic acids is 1. The Morgan fingerprint density at radius 3 is 2.59 bits per heavy atom. The normalized spacial score (nSPS) is 10.9. The van der Waals surface area contributed by atoms with Gasteiger partial charge in [0, 0.05) is 35.8 Å². The minimum atomic E-state index is -0.156. The van der Waals surface area contributed by atoms with Gasteiger partial charge in [-0.2, -0.15) is 5.10 Å². The molecule has 1 amide bonds. The van der Waals surface area contributed by atoms with Gasteiger partial charge in [0.1, 0.15) is 0 Å². The largest absolute Gasteiger partial charge is 0.352 e. The number of benzene rings is 2. The Balaban J connectivity index is 1.87. The van der Waals surface area contributed by atoms with Crippen LogP contribution < -0.4 is 5.32 Å². The fourth-order valence-electron chi connectivity index (χ4n) is 3.32. The van der Waals surface area contributed by atoms with Crippen molar-refractivity contribution in [3.63, 3.8) is 0 Å². The fourth-order valence-corrected chi connectivity index (χ4v) is 3.32. The van der Waals surface area contributed by atoms with E-state index in [1.807, 2.05) is 80.1 Å². The lowest BCUT2D eigenvalue weighted by Gasteiger charge is -2.11. The third-order valence-corrected chi connectivity index (χ3v) is 5.48. The van der Waals surface area contributed by atoms with Crippen molar-refractivity contribution in [3.8, 4) is 17.5 Å². The highest BCUT2D eigenvalue weighted by atomic mass is 16.1. The Hall–Kier alpha value is -4.17. The molecule has 0 aliphatic heterocycles. The monoisotopic (exact) mass is 450 g/mol. The first kappa shape index (κ1) is 24.5. The van der Waals surface area contributed by atoms with Crippen molar-refractivity contribution >= 4 is 12.1 Å². The van der Waals surface area contributed by atoms with Crippen LogP contribution in [0.4, 0.5) is 0 Å². The van der Waals surface area contributed by atoms with Crippen molar-refractivity contribution in [1.29, 1.82) is 0 Å². The smallest absolute Gasteiger partial charge is 0.251 e. The molecule has 0 atom stereocenters. The Bertz CT molecular complexity index is 1300. The zero-order chi connectivity index (χ0) is 24.5. The van der Waals surface area contributed by atoms with Gasteiger partial charge in [-0.05, 0) is 75.6 Å². The zero-order valence-corrected chi connectivity index (χ0v) is 20.2. The quantitative estimate of drug-likeness (QED) is 0.383. The summed E-state index contributed by atoms with van der Waals surface area (Å²) in [6.07, 6.45) is 5.87. The SMILES string of the molecule is C=C(/C=N\C=C/C)CCNC(=O)c1ccc(-n2nc(C)c(C)c2C)c(C#Cc2ccccc2)c1. The van der Waals surface area contributed by atoms with E-state index in [1.165, 1.54) is 0 Å². The van der Waals surface area contributed by atoms with Crippen LogP contribution in [0.3, 0.4) is 0 Å². The van der Waals surface area contributed by atoms with Gasteiger partial charge in [-0.25, -0.2) is 4.68 Å². The molecular formula is C29H30N4O. The molecule has 0 aliphatic carbocycles. The molecule has 5 heteroatoms. The molecule has 0 spiro atoms. The maximum atomic E-state index is 12.8. The molecule has 0 saturated heterocycles. The van der Waals surface area contributed by atoms with Gasteiger partial charge in [0.15, 0.2) is 0 Å². The molecule has 5 nitrogen and oxygen atoms in total. The van der Waals surface area contributed by atoms with E-state index in [0.717, 1.165) is 39.3 Å². The van der Waals surface area contributed by atoms with E-state index in [-0.39, 0.29) is 5.91 Å². The van der Waals surface area contributed by atoms with Crippen LogP contribution in [-0.4, -0.2) is 28.4 Å². The second kappa shape index (κ2) is 11.6. The molecule has 34 heavy (non-hydrogen) atoms. The summed E-state index contributed by atoms with van der Waals surface area (Å²) in [5, 5.41) is 7.65. The molecule has 1 N–H and O–H groups in total. The summed E-state index contributed by atoms with van der Waals surface area (Å²) in [6, 6.07) is 15.3. The topological polar surface area (TPSA) is 59.3 Å². The molecule has 0 aliphatic rings. The van der Waals surface area contributed by atoms with E-state index in [0.29, 0.717) is 18.5 Å². The molecular weight excluding hydrogens is 420 g/mol. The zero-order valence-electron chi connectivity index (χ0n) is 20.2. The summed E-state index contributed by atoms with van der Waals surface area (Å²) >= 11 is 0. The lowest BCUT2D eigenvalue weighted by molar-refractivity contribution is 0.0954. The van der Waals surface area contributed by atoms with Crippen LogP contribution in [0.25, 0.3) is 5.69 Å². The number of hydrogen-bond acceptors (Lipinski definition) is 3. The predicted molar refractivity (Wildman–Crippen MR) is 140 cm³/mol. The van der Waals surface area contributed by atoms with Gasteiger partial charge < -0.3 is 5.32 Å². The number of aliphatic imine (C=N–C) groups is 1. The standard InChI is InChI=1S/C29H30N4O/c1-6-17-30-20-21(2)16-18-31-29(34)27-14-15-28(33-24(5)22(3)23(4)32-33)26(19-27)13-12-25-10-8-7-9-11-25/h6-11,14-15,17,19-20H,2,16,18H2,1,3-5H3,(H,31,34)/b17-6-,30-20-. The summed E-state index contributed by atoms with van der Waals surface area (Å²) in [7, 11) is 0. The van der Waals surface area contributed by atoms with E-state index < -0.39 is 0 Å². The lowest BCUT2D eigenvalue weighted by Crippen LogP contribution is -2.25. The number of nitrogens with one attached hydrogen (secondary N) is 1. The van der Waals surface area contributed by atoms with Crippen LogP contribution >= 0.6 is 0 Å². The molecule has 1 aromatic heterocycles. The first-order valence-electron chi connectivity index (χ1n) is 11.3. The maximum absolute atomic E-state index is 12.8. The number of aryl methyl sites for hydroxylation is 1. The summed E-state index contributed by atoms with van der Waals surface area (Å²) in [4.78, 5) is 16.9. The highest BCUT2D eigenvalue weighted by Crippen LogP contribution is 2.21. The number of allylic oxidation sites excluding steroid dienone is 1. The highest BCUT2D eigenvalue weighted by molar-refractivity contribution is 5.95. The van der Waals surface area contributed by atoms with Crippen molar-refractivity contribution in [2.45, 2.75) is 34.1 Å². The van der Waals surface area contributed by atoms with Gasteiger partial charge in [0.05, 0.1) is 16.9 Å². The van der Waals surface area contributed by atoms with Gasteiger partial charge in [0.2, 0.25) is 0 Å². The number of amides is 1. The van der Waals surface area contributed by atoms with Crippen molar-refractivity contribution in [2.24, 2.45) is 4.99 Å². The second-order valence-electron chi connectivity index (χ2n) is 7.98. The van der Waals surface area contributed by atoms with E-state index >= 15 is 0 Å². The molecule has 0 radical (unpaired) electrons. The number of rotatable bonds is 7. The Kier molecular flexibility index (Phi) is 8.37. The Morgan fingerprint density at radius 2 is 1.91 bits per heavy atom. The lowest BCUT2D eigenvalue weighted by atomic mass is 10.1. The van der Waals surface area contributed by atoms with E-state index in [1.54, 1.807) is 12.4 Å². The molecule has 2 aromatic carbocycles. The summed E-state index contributed by atoms with van der Waals surface area (Å²) in [5.41, 5.74) is 7.06. The number of nitrogens with zero attached hydrogens (tertiary/aromatic N) is 3. The van der Waals surface area contributed by atoms with E-state index in [9.17, 15) is 4.79 Å². The third-order valence-electron chi connectivity index (χ3n) is 5.48. The predicted octanol–water partition coefficient (Wildman–Crippen LogP) is 5.48. The number of carbonyl (C=O) groups is 1. The van der Waals surface area contributed by atoms with Crippen LogP contribution in [0.5, 0.6) is 0 Å². The third kappa shape index (κ3) is 6.20. The molecule has 3 rings (SSSR count). The maximum Gasteiger partial charge on any atom is 0.251 e. The average molecular weight is 451 g/mol. The summed E-state index contributed by atoms with van der Waals surface area (Å²) < 4.78 is 1.90. The van der Waals surface area contributed by atoms with Crippen LogP contribution in [0.1, 0.15) is 51.8 Å². The van der Waals surface area contributed by atoms with Crippen LogP contribution in [0.15, 0.2) is 78.0 Å². The van der Waals surface area contributed by atoms with Crippen LogP contribution in [0, 0.1) is 32.6 Å². The molecule has 0 fully saturated rings. The first-order chi connectivity index (χ1) is 16.4. The van der Waals surface area contributed by atoms with Crippen molar-refractivity contribution in [3.05, 3.63) is 107 Å². The minimum Gasteiger partial charge on any atom is -0.352 e. The molecule has 3 aromatic rings. The first-order valence-corrected chi connectivity index (χ1v) is 11.3. The summed E-state index contributed by atoms with van der Waals surface area (Å²) in [5.74, 6) is 6.30. The second-order valence-corrected chi connectivity index (χ2v) is 7.98. The van der Waals surface area contributed by atoms with Gasteiger partial charge in [-0.15, -0.1) is 0 Å². The van der Waals surface area contributed by atoms with Gasteiger partial charge in [-0.1, -0.05) is 42.7 Å².